The molecule has 0 aliphatic carbocycles. The van der Waals surface area contributed by atoms with E-state index in [9.17, 15) is 4.79 Å². The molecule has 3 nitrogen and oxygen atoms in total. The highest BCUT2D eigenvalue weighted by Crippen LogP contribution is 2.39. The lowest BCUT2D eigenvalue weighted by molar-refractivity contribution is -0.124. The predicted molar refractivity (Wildman–Crippen MR) is 71.4 cm³/mol. The number of aryl methyl sites for hydroxylation is 1. The lowest BCUT2D eigenvalue weighted by atomic mass is 9.94. The first-order valence-corrected chi connectivity index (χ1v) is 6.50. The molecule has 1 aliphatic rings. The van der Waals surface area contributed by atoms with Crippen LogP contribution in [0, 0.1) is 5.41 Å². The smallest absolute Gasteiger partial charge is 0.233 e. The van der Waals surface area contributed by atoms with Crippen molar-refractivity contribution in [3.63, 3.8) is 0 Å². The van der Waals surface area contributed by atoms with Crippen molar-refractivity contribution in [2.75, 3.05) is 11.9 Å². The minimum atomic E-state index is -0.509. The maximum Gasteiger partial charge on any atom is 0.233 e. The van der Waals surface area contributed by atoms with E-state index in [4.69, 9.17) is 4.74 Å². The van der Waals surface area contributed by atoms with Crippen molar-refractivity contribution in [2.45, 2.75) is 27.2 Å². The number of carbonyl (C=O) groups excluding carboxylic acids is 1. The van der Waals surface area contributed by atoms with E-state index in [2.05, 4.69) is 28.2 Å². The summed E-state index contributed by atoms with van der Waals surface area (Å²) in [6, 6.07) is 4.00. The van der Waals surface area contributed by atoms with E-state index in [0.717, 1.165) is 22.3 Å². The van der Waals surface area contributed by atoms with Gasteiger partial charge in [-0.2, -0.15) is 0 Å². The summed E-state index contributed by atoms with van der Waals surface area (Å²) in [6.07, 6.45) is 0.922. The standard InChI is InChI=1S/C13H16BrNO2/c1-4-8-5-9(14)11-10(6-8)15-12(16)13(2,3)7-17-11/h5-6H,4,7H2,1-3H3,(H,15,16). The van der Waals surface area contributed by atoms with Gasteiger partial charge in [0, 0.05) is 0 Å². The normalized spacial score (nSPS) is 17.8. The quantitative estimate of drug-likeness (QED) is 0.863. The Hall–Kier alpha value is -1.03. The van der Waals surface area contributed by atoms with Gasteiger partial charge >= 0.3 is 0 Å². The number of hydrogen-bond acceptors (Lipinski definition) is 2. The molecule has 0 saturated carbocycles. The van der Waals surface area contributed by atoms with Crippen LogP contribution < -0.4 is 10.1 Å². The van der Waals surface area contributed by atoms with Crippen LogP contribution in [0.25, 0.3) is 0 Å². The average Bonchev–Trinajstić information content (AvgIpc) is 2.37. The summed E-state index contributed by atoms with van der Waals surface area (Å²) in [5.41, 5.74) is 1.41. The van der Waals surface area contributed by atoms with E-state index in [1.54, 1.807) is 0 Å². The second-order valence-electron chi connectivity index (χ2n) is 4.93. The summed E-state index contributed by atoms with van der Waals surface area (Å²) in [5, 5.41) is 2.93. The molecule has 17 heavy (non-hydrogen) atoms. The number of anilines is 1. The van der Waals surface area contributed by atoms with Gasteiger partial charge in [-0.25, -0.2) is 0 Å². The van der Waals surface area contributed by atoms with Crippen LogP contribution in [-0.4, -0.2) is 12.5 Å². The molecular weight excluding hydrogens is 282 g/mol. The first-order chi connectivity index (χ1) is 7.94. The van der Waals surface area contributed by atoms with Crippen LogP contribution in [0.4, 0.5) is 5.69 Å². The first-order valence-electron chi connectivity index (χ1n) is 5.70. The third-order valence-corrected chi connectivity index (χ3v) is 3.54. The molecule has 1 heterocycles. The van der Waals surface area contributed by atoms with Gasteiger partial charge in [0.05, 0.1) is 15.6 Å². The summed E-state index contributed by atoms with van der Waals surface area (Å²) in [6.45, 7) is 6.22. The first kappa shape index (κ1) is 12.4. The molecule has 0 spiro atoms. The molecule has 0 aromatic heterocycles. The molecule has 0 radical (unpaired) electrons. The third-order valence-electron chi connectivity index (χ3n) is 2.95. The maximum atomic E-state index is 12.0. The van der Waals surface area contributed by atoms with Crippen molar-refractivity contribution >= 4 is 27.5 Å². The van der Waals surface area contributed by atoms with Gasteiger partial charge in [-0.3, -0.25) is 4.79 Å². The summed E-state index contributed by atoms with van der Waals surface area (Å²) in [5.74, 6) is 0.720. The molecule has 4 heteroatoms. The van der Waals surface area contributed by atoms with Crippen molar-refractivity contribution in [1.29, 1.82) is 0 Å². The summed E-state index contributed by atoms with van der Waals surface area (Å²) >= 11 is 3.49. The molecule has 0 atom stereocenters. The van der Waals surface area contributed by atoms with Crippen molar-refractivity contribution in [3.8, 4) is 5.75 Å². The van der Waals surface area contributed by atoms with Crippen LogP contribution in [0.1, 0.15) is 26.3 Å². The fraction of sp³-hybridized carbons (Fsp3) is 0.462. The molecule has 1 aliphatic heterocycles. The van der Waals surface area contributed by atoms with Crippen LogP contribution in [0.3, 0.4) is 0 Å². The number of carbonyl (C=O) groups is 1. The van der Waals surface area contributed by atoms with E-state index >= 15 is 0 Å². The number of halogens is 1. The maximum absolute atomic E-state index is 12.0. The molecule has 1 aromatic rings. The van der Waals surface area contributed by atoms with E-state index in [1.165, 1.54) is 5.56 Å². The fourth-order valence-corrected chi connectivity index (χ4v) is 2.32. The highest BCUT2D eigenvalue weighted by atomic mass is 79.9. The Kier molecular flexibility index (Phi) is 3.17. The zero-order chi connectivity index (χ0) is 12.6. The van der Waals surface area contributed by atoms with Gasteiger partial charge in [0.1, 0.15) is 6.61 Å². The Balaban J connectivity index is 2.47. The lowest BCUT2D eigenvalue weighted by Gasteiger charge is -2.18. The number of amides is 1. The number of nitrogens with one attached hydrogen (secondary N) is 1. The summed E-state index contributed by atoms with van der Waals surface area (Å²) in [4.78, 5) is 12.0. The zero-order valence-electron chi connectivity index (χ0n) is 10.3. The van der Waals surface area contributed by atoms with Crippen LogP contribution in [0.2, 0.25) is 0 Å². The Morgan fingerprint density at radius 1 is 1.47 bits per heavy atom. The molecule has 1 N–H and O–H groups in total. The molecule has 0 unspecified atom stereocenters. The van der Waals surface area contributed by atoms with Gasteiger partial charge in [-0.1, -0.05) is 6.92 Å². The van der Waals surface area contributed by atoms with Gasteiger partial charge in [0.2, 0.25) is 5.91 Å². The van der Waals surface area contributed by atoms with E-state index in [-0.39, 0.29) is 5.91 Å². The zero-order valence-corrected chi connectivity index (χ0v) is 11.8. The van der Waals surface area contributed by atoms with Gasteiger partial charge in [0.15, 0.2) is 5.75 Å². The van der Waals surface area contributed by atoms with Crippen LogP contribution in [-0.2, 0) is 11.2 Å². The van der Waals surface area contributed by atoms with Crippen molar-refractivity contribution in [3.05, 3.63) is 22.2 Å². The van der Waals surface area contributed by atoms with E-state index in [1.807, 2.05) is 26.0 Å². The topological polar surface area (TPSA) is 38.3 Å². The van der Waals surface area contributed by atoms with Crippen molar-refractivity contribution < 1.29 is 9.53 Å². The minimum absolute atomic E-state index is 0.00333. The molecule has 92 valence electrons. The molecule has 1 aromatic carbocycles. The number of fused-ring (bicyclic) bond motifs is 1. The SMILES string of the molecule is CCc1cc(Br)c2c(c1)NC(=O)C(C)(C)CO2. The predicted octanol–water partition coefficient (Wildman–Crippen LogP) is 3.37. The lowest BCUT2D eigenvalue weighted by Crippen LogP contribution is -2.33. The molecule has 1 amide bonds. The van der Waals surface area contributed by atoms with Crippen LogP contribution >= 0.6 is 15.9 Å². The minimum Gasteiger partial charge on any atom is -0.489 e. The third kappa shape index (κ3) is 2.32. The number of rotatable bonds is 1. The van der Waals surface area contributed by atoms with Gasteiger partial charge < -0.3 is 10.1 Å². The van der Waals surface area contributed by atoms with E-state index in [0.29, 0.717) is 6.61 Å². The Labute approximate surface area is 110 Å². The molecule has 0 fully saturated rings. The molecule has 2 rings (SSSR count). The summed E-state index contributed by atoms with van der Waals surface area (Å²) in [7, 11) is 0. The highest BCUT2D eigenvalue weighted by molar-refractivity contribution is 9.10. The second-order valence-corrected chi connectivity index (χ2v) is 5.79. The average molecular weight is 298 g/mol. The Morgan fingerprint density at radius 3 is 2.82 bits per heavy atom. The fourth-order valence-electron chi connectivity index (χ4n) is 1.70. The van der Waals surface area contributed by atoms with Crippen LogP contribution in [0.5, 0.6) is 5.75 Å². The van der Waals surface area contributed by atoms with Crippen molar-refractivity contribution in [1.82, 2.24) is 0 Å². The molecule has 0 saturated heterocycles. The number of benzene rings is 1. The molecular formula is C13H16BrNO2. The Bertz CT molecular complexity index is 469. The Morgan fingerprint density at radius 2 is 2.18 bits per heavy atom. The monoisotopic (exact) mass is 297 g/mol. The largest absolute Gasteiger partial charge is 0.489 e. The van der Waals surface area contributed by atoms with Gasteiger partial charge in [0.25, 0.3) is 0 Å². The van der Waals surface area contributed by atoms with Gasteiger partial charge in [-0.15, -0.1) is 0 Å². The number of hydrogen-bond donors (Lipinski definition) is 1. The van der Waals surface area contributed by atoms with Crippen molar-refractivity contribution in [2.24, 2.45) is 5.41 Å². The summed E-state index contributed by atoms with van der Waals surface area (Å²) < 4.78 is 6.63. The second kappa shape index (κ2) is 4.33. The van der Waals surface area contributed by atoms with Crippen LogP contribution in [0.15, 0.2) is 16.6 Å². The highest BCUT2D eigenvalue weighted by Gasteiger charge is 2.33. The molecule has 0 bridgehead atoms. The van der Waals surface area contributed by atoms with E-state index < -0.39 is 5.41 Å². The van der Waals surface area contributed by atoms with Gasteiger partial charge in [-0.05, 0) is 53.9 Å². The number of ether oxygens (including phenoxy) is 1.